The maximum atomic E-state index is 11.6. The van der Waals surface area contributed by atoms with Gasteiger partial charge in [-0.15, -0.1) is 0 Å². The lowest BCUT2D eigenvalue weighted by Gasteiger charge is -2.13. The van der Waals surface area contributed by atoms with Crippen LogP contribution in [-0.2, 0) is 4.74 Å². The SMILES string of the molecule is CCC(C)Nc1nc(C)cc(Nc2cccc(C(=O)OC)c2)n1. The van der Waals surface area contributed by atoms with Crippen molar-refractivity contribution < 1.29 is 9.53 Å². The van der Waals surface area contributed by atoms with Gasteiger partial charge in [0.25, 0.3) is 0 Å². The zero-order chi connectivity index (χ0) is 16.8. The largest absolute Gasteiger partial charge is 0.465 e. The average Bonchev–Trinajstić information content (AvgIpc) is 2.53. The highest BCUT2D eigenvalue weighted by Crippen LogP contribution is 2.19. The summed E-state index contributed by atoms with van der Waals surface area (Å²) in [6.07, 6.45) is 0.987. The fraction of sp³-hybridized carbons (Fsp3) is 0.353. The number of benzene rings is 1. The van der Waals surface area contributed by atoms with Crippen molar-refractivity contribution in [2.75, 3.05) is 17.7 Å². The first-order valence-electron chi connectivity index (χ1n) is 7.59. The Kier molecular flexibility index (Phi) is 5.51. The normalized spacial score (nSPS) is 11.7. The molecule has 2 N–H and O–H groups in total. The van der Waals surface area contributed by atoms with Crippen LogP contribution < -0.4 is 10.6 Å². The molecule has 1 atom stereocenters. The van der Waals surface area contributed by atoms with Crippen molar-refractivity contribution in [2.45, 2.75) is 33.2 Å². The third-order valence-corrected chi connectivity index (χ3v) is 3.40. The maximum Gasteiger partial charge on any atom is 0.337 e. The number of anilines is 3. The van der Waals surface area contributed by atoms with Crippen molar-refractivity contribution in [3.05, 3.63) is 41.6 Å². The van der Waals surface area contributed by atoms with E-state index in [0.29, 0.717) is 23.4 Å². The molecule has 23 heavy (non-hydrogen) atoms. The Morgan fingerprint density at radius 1 is 1.30 bits per heavy atom. The lowest BCUT2D eigenvalue weighted by atomic mass is 10.2. The molecule has 122 valence electrons. The predicted molar refractivity (Wildman–Crippen MR) is 91.2 cm³/mol. The van der Waals surface area contributed by atoms with Crippen LogP contribution in [-0.4, -0.2) is 29.1 Å². The Morgan fingerprint density at radius 2 is 2.09 bits per heavy atom. The number of ether oxygens (including phenoxy) is 1. The van der Waals surface area contributed by atoms with E-state index in [2.05, 4.69) is 34.4 Å². The van der Waals surface area contributed by atoms with E-state index in [0.717, 1.165) is 17.8 Å². The fourth-order valence-electron chi connectivity index (χ4n) is 2.01. The van der Waals surface area contributed by atoms with Gasteiger partial charge in [0.2, 0.25) is 5.95 Å². The number of hydrogen-bond acceptors (Lipinski definition) is 6. The molecule has 0 saturated heterocycles. The van der Waals surface area contributed by atoms with E-state index < -0.39 is 0 Å². The molecule has 6 nitrogen and oxygen atoms in total. The Labute approximate surface area is 136 Å². The number of carbonyl (C=O) groups excluding carboxylic acids is 1. The van der Waals surface area contributed by atoms with Crippen molar-refractivity contribution in [1.29, 1.82) is 0 Å². The summed E-state index contributed by atoms with van der Waals surface area (Å²) in [7, 11) is 1.36. The Hall–Kier alpha value is -2.63. The molecule has 0 aliphatic heterocycles. The molecule has 0 fully saturated rings. The number of rotatable bonds is 6. The first-order valence-corrected chi connectivity index (χ1v) is 7.59. The summed E-state index contributed by atoms with van der Waals surface area (Å²) in [4.78, 5) is 20.4. The van der Waals surface area contributed by atoms with E-state index in [4.69, 9.17) is 4.74 Å². The second-order valence-corrected chi connectivity index (χ2v) is 5.37. The van der Waals surface area contributed by atoms with Crippen molar-refractivity contribution in [2.24, 2.45) is 0 Å². The van der Waals surface area contributed by atoms with Gasteiger partial charge in [-0.05, 0) is 38.5 Å². The van der Waals surface area contributed by atoms with Gasteiger partial charge in [-0.3, -0.25) is 0 Å². The number of carbonyl (C=O) groups is 1. The second-order valence-electron chi connectivity index (χ2n) is 5.37. The van der Waals surface area contributed by atoms with Gasteiger partial charge in [0.1, 0.15) is 5.82 Å². The summed E-state index contributed by atoms with van der Waals surface area (Å²) >= 11 is 0. The molecule has 2 rings (SSSR count). The fourth-order valence-corrected chi connectivity index (χ4v) is 2.01. The van der Waals surface area contributed by atoms with E-state index in [1.807, 2.05) is 19.1 Å². The number of esters is 1. The summed E-state index contributed by atoms with van der Waals surface area (Å²) in [5, 5.41) is 6.46. The number of nitrogens with zero attached hydrogens (tertiary/aromatic N) is 2. The topological polar surface area (TPSA) is 76.1 Å². The van der Waals surface area contributed by atoms with Gasteiger partial charge in [0.05, 0.1) is 12.7 Å². The molecule has 0 aliphatic rings. The van der Waals surface area contributed by atoms with Crippen LogP contribution in [0.2, 0.25) is 0 Å². The summed E-state index contributed by atoms with van der Waals surface area (Å²) in [6.45, 7) is 6.10. The van der Waals surface area contributed by atoms with Gasteiger partial charge in [-0.2, -0.15) is 4.98 Å². The van der Waals surface area contributed by atoms with Crippen LogP contribution in [0.3, 0.4) is 0 Å². The smallest absolute Gasteiger partial charge is 0.337 e. The van der Waals surface area contributed by atoms with E-state index in [1.165, 1.54) is 7.11 Å². The molecule has 0 saturated carbocycles. The van der Waals surface area contributed by atoms with Crippen molar-refractivity contribution in [3.63, 3.8) is 0 Å². The lowest BCUT2D eigenvalue weighted by molar-refractivity contribution is 0.0601. The minimum Gasteiger partial charge on any atom is -0.465 e. The molecule has 0 amide bonds. The van der Waals surface area contributed by atoms with Crippen LogP contribution in [0.1, 0.15) is 36.3 Å². The second kappa shape index (κ2) is 7.58. The zero-order valence-corrected chi connectivity index (χ0v) is 13.9. The summed E-state index contributed by atoms with van der Waals surface area (Å²) in [6, 6.07) is 9.25. The van der Waals surface area contributed by atoms with E-state index >= 15 is 0 Å². The molecule has 0 bridgehead atoms. The molecule has 0 radical (unpaired) electrons. The third-order valence-electron chi connectivity index (χ3n) is 3.40. The zero-order valence-electron chi connectivity index (χ0n) is 13.9. The molecular formula is C17H22N4O2. The molecule has 2 aromatic rings. The van der Waals surface area contributed by atoms with Gasteiger partial charge in [0, 0.05) is 23.5 Å². The third kappa shape index (κ3) is 4.67. The van der Waals surface area contributed by atoms with Crippen LogP contribution >= 0.6 is 0 Å². The lowest BCUT2D eigenvalue weighted by Crippen LogP contribution is -2.16. The van der Waals surface area contributed by atoms with Crippen LogP contribution in [0.4, 0.5) is 17.5 Å². The first kappa shape index (κ1) is 16.7. The number of aryl methyl sites for hydroxylation is 1. The van der Waals surface area contributed by atoms with E-state index in [9.17, 15) is 4.79 Å². The van der Waals surface area contributed by atoms with Gasteiger partial charge in [0.15, 0.2) is 0 Å². The predicted octanol–water partition coefficient (Wildman–Crippen LogP) is 3.53. The Bertz CT molecular complexity index is 688. The van der Waals surface area contributed by atoms with Crippen LogP contribution in [0, 0.1) is 6.92 Å². The molecule has 1 heterocycles. The van der Waals surface area contributed by atoms with E-state index in [-0.39, 0.29) is 5.97 Å². The minimum absolute atomic E-state index is 0.298. The van der Waals surface area contributed by atoms with Crippen molar-refractivity contribution >= 4 is 23.4 Å². The van der Waals surface area contributed by atoms with Gasteiger partial charge >= 0.3 is 5.97 Å². The summed E-state index contributed by atoms with van der Waals surface area (Å²) < 4.78 is 4.73. The van der Waals surface area contributed by atoms with E-state index in [1.54, 1.807) is 18.2 Å². The average molecular weight is 314 g/mol. The van der Waals surface area contributed by atoms with Crippen molar-refractivity contribution in [1.82, 2.24) is 9.97 Å². The van der Waals surface area contributed by atoms with Gasteiger partial charge in [-0.1, -0.05) is 13.0 Å². The maximum absolute atomic E-state index is 11.6. The quantitative estimate of drug-likeness (QED) is 0.794. The van der Waals surface area contributed by atoms with Crippen LogP contribution in [0.25, 0.3) is 0 Å². The Morgan fingerprint density at radius 3 is 2.78 bits per heavy atom. The molecule has 0 spiro atoms. The number of aromatic nitrogens is 2. The number of methoxy groups -OCH3 is 1. The molecule has 0 aliphatic carbocycles. The number of nitrogens with one attached hydrogen (secondary N) is 2. The van der Waals surface area contributed by atoms with Gasteiger partial charge < -0.3 is 15.4 Å². The highest BCUT2D eigenvalue weighted by molar-refractivity contribution is 5.90. The molecule has 1 aromatic carbocycles. The standard InChI is InChI=1S/C17H22N4O2/c1-5-11(2)18-17-19-12(3)9-15(21-17)20-14-8-6-7-13(10-14)16(22)23-4/h6-11H,5H2,1-4H3,(H2,18,19,20,21). The molecule has 1 aromatic heterocycles. The van der Waals surface area contributed by atoms with Crippen LogP contribution in [0.15, 0.2) is 30.3 Å². The Balaban J connectivity index is 2.21. The molecule has 6 heteroatoms. The summed E-state index contributed by atoms with van der Waals surface area (Å²) in [5.74, 6) is 0.892. The minimum atomic E-state index is -0.369. The highest BCUT2D eigenvalue weighted by atomic mass is 16.5. The first-order chi connectivity index (χ1) is 11.0. The highest BCUT2D eigenvalue weighted by Gasteiger charge is 2.08. The van der Waals surface area contributed by atoms with Crippen LogP contribution in [0.5, 0.6) is 0 Å². The summed E-state index contributed by atoms with van der Waals surface area (Å²) in [5.41, 5.74) is 2.11. The molecular weight excluding hydrogens is 292 g/mol. The van der Waals surface area contributed by atoms with Gasteiger partial charge in [-0.25, -0.2) is 9.78 Å². The van der Waals surface area contributed by atoms with Crippen molar-refractivity contribution in [3.8, 4) is 0 Å². The number of hydrogen-bond donors (Lipinski definition) is 2. The molecule has 1 unspecified atom stereocenters. The monoisotopic (exact) mass is 314 g/mol.